The highest BCUT2D eigenvalue weighted by Gasteiger charge is 2.05. The van der Waals surface area contributed by atoms with Crippen LogP contribution < -0.4 is 5.73 Å². The van der Waals surface area contributed by atoms with Gasteiger partial charge in [0, 0.05) is 0 Å². The Morgan fingerprint density at radius 1 is 1.80 bits per heavy atom. The van der Waals surface area contributed by atoms with Gasteiger partial charge in [-0.05, 0) is 6.42 Å². The molecule has 0 aliphatic rings. The predicted molar refractivity (Wildman–Crippen MR) is 38.2 cm³/mol. The molecule has 1 atom stereocenters. The van der Waals surface area contributed by atoms with E-state index in [0.29, 0.717) is 0 Å². The summed E-state index contributed by atoms with van der Waals surface area (Å²) < 4.78 is 0. The van der Waals surface area contributed by atoms with E-state index >= 15 is 0 Å². The van der Waals surface area contributed by atoms with Gasteiger partial charge in [-0.3, -0.25) is 0 Å². The zero-order chi connectivity index (χ0) is 7.40. The van der Waals surface area contributed by atoms with Gasteiger partial charge in [-0.15, -0.1) is 0 Å². The average molecular weight is 140 g/mol. The van der Waals surface area contributed by atoms with Crippen LogP contribution in [0.3, 0.4) is 0 Å². The van der Waals surface area contributed by atoms with Crippen molar-refractivity contribution in [2.24, 2.45) is 5.73 Å². The number of nitrogens with zero attached hydrogens (tertiary/aromatic N) is 2. The number of rotatable bonds is 3. The lowest BCUT2D eigenvalue weighted by atomic mass is 10.1. The number of aromatic nitrogens is 3. The molecule has 0 aromatic carbocycles. The first-order valence-corrected chi connectivity index (χ1v) is 3.46. The Morgan fingerprint density at radius 2 is 2.60 bits per heavy atom. The van der Waals surface area contributed by atoms with Crippen molar-refractivity contribution in [3.8, 4) is 0 Å². The van der Waals surface area contributed by atoms with Gasteiger partial charge in [0.05, 0.1) is 17.9 Å². The molecular weight excluding hydrogens is 128 g/mol. The van der Waals surface area contributed by atoms with Crippen molar-refractivity contribution >= 4 is 0 Å². The van der Waals surface area contributed by atoms with E-state index in [9.17, 15) is 0 Å². The monoisotopic (exact) mass is 140 g/mol. The highest BCUT2D eigenvalue weighted by Crippen LogP contribution is 2.09. The van der Waals surface area contributed by atoms with Crippen LogP contribution in [0.15, 0.2) is 6.20 Å². The van der Waals surface area contributed by atoms with Gasteiger partial charge in [-0.25, -0.2) is 0 Å². The molecule has 1 aromatic rings. The van der Waals surface area contributed by atoms with Gasteiger partial charge in [0.25, 0.3) is 0 Å². The molecule has 0 radical (unpaired) electrons. The van der Waals surface area contributed by atoms with E-state index in [-0.39, 0.29) is 6.04 Å². The fourth-order valence-corrected chi connectivity index (χ4v) is 0.848. The van der Waals surface area contributed by atoms with Crippen LogP contribution in [-0.4, -0.2) is 15.4 Å². The molecule has 0 unspecified atom stereocenters. The minimum absolute atomic E-state index is 0.0451. The summed E-state index contributed by atoms with van der Waals surface area (Å²) in [5, 5.41) is 10.1. The summed E-state index contributed by atoms with van der Waals surface area (Å²) in [5.74, 6) is 0. The maximum atomic E-state index is 5.73. The summed E-state index contributed by atoms with van der Waals surface area (Å²) >= 11 is 0. The fourth-order valence-electron chi connectivity index (χ4n) is 0.848. The van der Waals surface area contributed by atoms with Crippen LogP contribution in [0.25, 0.3) is 0 Å². The topological polar surface area (TPSA) is 67.6 Å². The highest BCUT2D eigenvalue weighted by atomic mass is 15.3. The number of H-pyrrole nitrogens is 1. The van der Waals surface area contributed by atoms with Crippen molar-refractivity contribution in [2.45, 2.75) is 25.8 Å². The number of hydrogen-bond donors (Lipinski definition) is 2. The van der Waals surface area contributed by atoms with E-state index in [1.54, 1.807) is 6.20 Å². The van der Waals surface area contributed by atoms with Crippen LogP contribution in [0.1, 0.15) is 31.5 Å². The molecule has 0 amide bonds. The van der Waals surface area contributed by atoms with Crippen molar-refractivity contribution in [2.75, 3.05) is 0 Å². The molecule has 0 saturated carbocycles. The van der Waals surface area contributed by atoms with E-state index < -0.39 is 0 Å². The summed E-state index contributed by atoms with van der Waals surface area (Å²) in [6.07, 6.45) is 3.71. The van der Waals surface area contributed by atoms with Gasteiger partial charge in [0.15, 0.2) is 0 Å². The van der Waals surface area contributed by atoms with Gasteiger partial charge in [0.1, 0.15) is 0 Å². The number of nitrogens with two attached hydrogens (primary N) is 1. The second-order valence-corrected chi connectivity index (χ2v) is 2.29. The molecule has 56 valence electrons. The summed E-state index contributed by atoms with van der Waals surface area (Å²) in [6, 6.07) is 0.0451. The van der Waals surface area contributed by atoms with Crippen molar-refractivity contribution in [1.29, 1.82) is 0 Å². The van der Waals surface area contributed by atoms with Gasteiger partial charge in [0.2, 0.25) is 0 Å². The van der Waals surface area contributed by atoms with Gasteiger partial charge in [-0.2, -0.15) is 15.4 Å². The Labute approximate surface area is 59.8 Å². The maximum absolute atomic E-state index is 5.73. The second-order valence-electron chi connectivity index (χ2n) is 2.29. The summed E-state index contributed by atoms with van der Waals surface area (Å²) in [6.45, 7) is 2.10. The third kappa shape index (κ3) is 1.54. The molecule has 0 spiro atoms. The largest absolute Gasteiger partial charge is 0.323 e. The Bertz CT molecular complexity index is 170. The van der Waals surface area contributed by atoms with Gasteiger partial charge in [-0.1, -0.05) is 13.3 Å². The molecule has 0 fully saturated rings. The molecular formula is C6H12N4. The first-order chi connectivity index (χ1) is 4.84. The standard InChI is InChI=1S/C6H12N4/c1-2-3-5(7)6-4-8-10-9-6/h4-5H,2-3,7H2,1H3,(H,8,9,10)/t5-/m1/s1. The number of aromatic amines is 1. The van der Waals surface area contributed by atoms with Gasteiger partial charge < -0.3 is 5.73 Å². The summed E-state index contributed by atoms with van der Waals surface area (Å²) in [5.41, 5.74) is 6.58. The van der Waals surface area contributed by atoms with E-state index in [1.807, 2.05) is 0 Å². The van der Waals surface area contributed by atoms with Crippen molar-refractivity contribution < 1.29 is 0 Å². The molecule has 3 N–H and O–H groups in total. The maximum Gasteiger partial charge on any atom is 0.0991 e. The first-order valence-electron chi connectivity index (χ1n) is 3.46. The smallest absolute Gasteiger partial charge is 0.0991 e. The Balaban J connectivity index is 2.50. The lowest BCUT2D eigenvalue weighted by Gasteiger charge is -2.03. The third-order valence-corrected chi connectivity index (χ3v) is 1.41. The molecule has 1 heterocycles. The lowest BCUT2D eigenvalue weighted by molar-refractivity contribution is 0.619. The van der Waals surface area contributed by atoms with E-state index in [4.69, 9.17) is 5.73 Å². The van der Waals surface area contributed by atoms with Crippen LogP contribution in [-0.2, 0) is 0 Å². The van der Waals surface area contributed by atoms with Gasteiger partial charge >= 0.3 is 0 Å². The van der Waals surface area contributed by atoms with Crippen LogP contribution in [0.2, 0.25) is 0 Å². The zero-order valence-electron chi connectivity index (χ0n) is 6.04. The minimum atomic E-state index is 0.0451. The molecule has 10 heavy (non-hydrogen) atoms. The van der Waals surface area contributed by atoms with E-state index in [2.05, 4.69) is 22.3 Å². The van der Waals surface area contributed by atoms with Crippen molar-refractivity contribution in [1.82, 2.24) is 15.4 Å². The van der Waals surface area contributed by atoms with Crippen LogP contribution in [0.4, 0.5) is 0 Å². The molecule has 4 nitrogen and oxygen atoms in total. The molecule has 0 aliphatic heterocycles. The molecule has 0 bridgehead atoms. The predicted octanol–water partition coefficient (Wildman–Crippen LogP) is 0.605. The number of nitrogens with one attached hydrogen (secondary N) is 1. The number of hydrogen-bond acceptors (Lipinski definition) is 3. The third-order valence-electron chi connectivity index (χ3n) is 1.41. The minimum Gasteiger partial charge on any atom is -0.323 e. The van der Waals surface area contributed by atoms with E-state index in [0.717, 1.165) is 18.5 Å². The quantitative estimate of drug-likeness (QED) is 0.646. The Hall–Kier alpha value is -0.900. The normalized spacial score (nSPS) is 13.4. The van der Waals surface area contributed by atoms with Crippen LogP contribution in [0, 0.1) is 0 Å². The van der Waals surface area contributed by atoms with Crippen molar-refractivity contribution in [3.05, 3.63) is 11.9 Å². The second kappa shape index (κ2) is 3.31. The molecule has 1 rings (SSSR count). The van der Waals surface area contributed by atoms with Crippen molar-refractivity contribution in [3.63, 3.8) is 0 Å². The Morgan fingerprint density at radius 3 is 3.10 bits per heavy atom. The zero-order valence-corrected chi connectivity index (χ0v) is 6.04. The SMILES string of the molecule is CCC[C@@H](N)c1cn[nH]n1. The highest BCUT2D eigenvalue weighted by molar-refractivity contribution is 4.97. The van der Waals surface area contributed by atoms with E-state index in [1.165, 1.54) is 0 Å². The molecule has 0 aliphatic carbocycles. The average Bonchev–Trinajstić information content (AvgIpc) is 2.38. The Kier molecular flexibility index (Phi) is 2.39. The molecule has 0 saturated heterocycles. The fraction of sp³-hybridized carbons (Fsp3) is 0.667. The summed E-state index contributed by atoms with van der Waals surface area (Å²) in [4.78, 5) is 0. The van der Waals surface area contributed by atoms with Crippen LogP contribution >= 0.6 is 0 Å². The summed E-state index contributed by atoms with van der Waals surface area (Å²) in [7, 11) is 0. The molecule has 1 aromatic heterocycles. The first kappa shape index (κ1) is 7.21. The van der Waals surface area contributed by atoms with Crippen LogP contribution in [0.5, 0.6) is 0 Å². The molecule has 4 heteroatoms. The lowest BCUT2D eigenvalue weighted by Crippen LogP contribution is -2.09.